The van der Waals surface area contributed by atoms with Crippen molar-refractivity contribution in [2.75, 3.05) is 26.8 Å². The van der Waals surface area contributed by atoms with Crippen LogP contribution in [0.25, 0.3) is 11.8 Å². The summed E-state index contributed by atoms with van der Waals surface area (Å²) in [7, 11) is 1.68. The number of nitrogens with one attached hydrogen (secondary N) is 1. The first-order valence-corrected chi connectivity index (χ1v) is 9.36. The van der Waals surface area contributed by atoms with Crippen LogP contribution in [-0.2, 0) is 4.74 Å². The largest absolute Gasteiger partial charge is 0.495 e. The normalized spacial score (nSPS) is 15.9. The third kappa shape index (κ3) is 4.52. The van der Waals surface area contributed by atoms with Crippen LogP contribution in [0.3, 0.4) is 0 Å². The predicted octanol–water partition coefficient (Wildman–Crippen LogP) is 3.68. The molecule has 2 heterocycles. The van der Waals surface area contributed by atoms with Gasteiger partial charge in [-0.25, -0.2) is 10.4 Å². The minimum Gasteiger partial charge on any atom is -0.495 e. The molecule has 0 atom stereocenters. The number of morpholine rings is 1. The predicted molar refractivity (Wildman–Crippen MR) is 108 cm³/mol. The Labute approximate surface area is 161 Å². The number of nitrogens with zero attached hydrogens (tertiary/aromatic N) is 3. The van der Waals surface area contributed by atoms with Crippen molar-refractivity contribution in [3.05, 3.63) is 60.0 Å². The van der Waals surface area contributed by atoms with E-state index in [1.165, 1.54) is 0 Å². The van der Waals surface area contributed by atoms with Crippen LogP contribution < -0.4 is 10.2 Å². The van der Waals surface area contributed by atoms with Gasteiger partial charge in [-0.2, -0.15) is 0 Å². The number of unbranched alkanes of at least 4 members (excludes halogenated alkanes) is 1. The molecule has 1 aromatic carbocycles. The summed E-state index contributed by atoms with van der Waals surface area (Å²) in [5.74, 6) is 1.56. The van der Waals surface area contributed by atoms with E-state index in [4.69, 9.17) is 9.47 Å². The van der Waals surface area contributed by atoms with Crippen LogP contribution in [0.15, 0.2) is 48.8 Å². The Morgan fingerprint density at radius 2 is 2.26 bits per heavy atom. The van der Waals surface area contributed by atoms with Crippen molar-refractivity contribution in [2.45, 2.75) is 26.7 Å². The van der Waals surface area contributed by atoms with Gasteiger partial charge in [-0.1, -0.05) is 26.0 Å². The molecule has 1 aliphatic heterocycles. The number of ether oxygens (including phenoxy) is 2. The molecule has 1 fully saturated rings. The molecule has 0 bridgehead atoms. The SMILES string of the molecule is C=C1/C(=C/c2ccc(-n3cnc(C)c3)c(OC)c2)OCCN1NCCCC. The van der Waals surface area contributed by atoms with Gasteiger partial charge in [0.25, 0.3) is 0 Å². The molecule has 0 amide bonds. The Bertz CT molecular complexity index is 825. The first kappa shape index (κ1) is 19.0. The van der Waals surface area contributed by atoms with Gasteiger partial charge in [-0.3, -0.25) is 0 Å². The van der Waals surface area contributed by atoms with Gasteiger partial charge in [0.1, 0.15) is 18.1 Å². The van der Waals surface area contributed by atoms with E-state index in [0.717, 1.165) is 60.1 Å². The molecular formula is C21H28N4O2. The number of hydrogen-bond donors (Lipinski definition) is 1. The number of hydrogen-bond acceptors (Lipinski definition) is 5. The van der Waals surface area contributed by atoms with Crippen molar-refractivity contribution >= 4 is 6.08 Å². The summed E-state index contributed by atoms with van der Waals surface area (Å²) in [5, 5.41) is 2.07. The zero-order valence-electron chi connectivity index (χ0n) is 16.4. The van der Waals surface area contributed by atoms with E-state index in [1.807, 2.05) is 42.0 Å². The van der Waals surface area contributed by atoms with Crippen molar-refractivity contribution in [1.82, 2.24) is 20.0 Å². The fourth-order valence-electron chi connectivity index (χ4n) is 2.99. The van der Waals surface area contributed by atoms with Crippen LogP contribution in [0.2, 0.25) is 0 Å². The molecule has 6 heteroatoms. The van der Waals surface area contributed by atoms with E-state index in [1.54, 1.807) is 13.4 Å². The minimum atomic E-state index is 0.632. The summed E-state index contributed by atoms with van der Waals surface area (Å²) in [4.78, 5) is 4.28. The van der Waals surface area contributed by atoms with Crippen molar-refractivity contribution in [3.63, 3.8) is 0 Å². The third-order valence-corrected chi connectivity index (χ3v) is 4.51. The lowest BCUT2D eigenvalue weighted by atomic mass is 10.1. The van der Waals surface area contributed by atoms with Gasteiger partial charge < -0.3 is 19.0 Å². The molecule has 1 aliphatic rings. The number of aromatic nitrogens is 2. The van der Waals surface area contributed by atoms with Crippen LogP contribution in [-0.4, -0.2) is 41.4 Å². The molecule has 6 nitrogen and oxygen atoms in total. The zero-order valence-corrected chi connectivity index (χ0v) is 16.4. The van der Waals surface area contributed by atoms with Gasteiger partial charge in [0.2, 0.25) is 0 Å². The molecule has 1 N–H and O–H groups in total. The molecule has 1 aromatic heterocycles. The molecule has 27 heavy (non-hydrogen) atoms. The topological polar surface area (TPSA) is 51.6 Å². The monoisotopic (exact) mass is 368 g/mol. The van der Waals surface area contributed by atoms with Gasteiger partial charge in [0.15, 0.2) is 0 Å². The number of benzene rings is 1. The first-order valence-electron chi connectivity index (χ1n) is 9.36. The van der Waals surface area contributed by atoms with Gasteiger partial charge in [0, 0.05) is 12.7 Å². The Hall–Kier alpha value is -2.73. The Balaban J connectivity index is 1.80. The van der Waals surface area contributed by atoms with E-state index in [-0.39, 0.29) is 0 Å². The number of imidazole rings is 1. The molecule has 0 aliphatic carbocycles. The molecular weight excluding hydrogens is 340 g/mol. The van der Waals surface area contributed by atoms with E-state index in [2.05, 4.69) is 28.9 Å². The highest BCUT2D eigenvalue weighted by molar-refractivity contribution is 5.61. The first-order chi connectivity index (χ1) is 13.1. The van der Waals surface area contributed by atoms with Crippen molar-refractivity contribution in [1.29, 1.82) is 0 Å². The average molecular weight is 368 g/mol. The highest BCUT2D eigenvalue weighted by atomic mass is 16.5. The van der Waals surface area contributed by atoms with E-state index in [9.17, 15) is 0 Å². The fraction of sp³-hybridized carbons (Fsp3) is 0.381. The summed E-state index contributed by atoms with van der Waals surface area (Å²) < 4.78 is 13.4. The lowest BCUT2D eigenvalue weighted by Crippen LogP contribution is -2.43. The highest BCUT2D eigenvalue weighted by Crippen LogP contribution is 2.27. The van der Waals surface area contributed by atoms with E-state index >= 15 is 0 Å². The van der Waals surface area contributed by atoms with Crippen molar-refractivity contribution < 1.29 is 9.47 Å². The fourth-order valence-corrected chi connectivity index (χ4v) is 2.99. The minimum absolute atomic E-state index is 0.632. The Kier molecular flexibility index (Phi) is 6.19. The van der Waals surface area contributed by atoms with Crippen LogP contribution >= 0.6 is 0 Å². The van der Waals surface area contributed by atoms with E-state index in [0.29, 0.717) is 6.61 Å². The summed E-state index contributed by atoms with van der Waals surface area (Å²) in [6, 6.07) is 6.06. The molecule has 0 unspecified atom stereocenters. The maximum Gasteiger partial charge on any atom is 0.144 e. The summed E-state index contributed by atoms with van der Waals surface area (Å²) >= 11 is 0. The number of methoxy groups -OCH3 is 1. The molecule has 0 radical (unpaired) electrons. The number of aryl methyl sites for hydroxylation is 1. The van der Waals surface area contributed by atoms with Gasteiger partial charge in [-0.05, 0) is 37.1 Å². The molecule has 0 saturated carbocycles. The second kappa shape index (κ2) is 8.77. The molecule has 1 saturated heterocycles. The number of hydrazine groups is 1. The third-order valence-electron chi connectivity index (χ3n) is 4.51. The van der Waals surface area contributed by atoms with Crippen molar-refractivity contribution in [2.24, 2.45) is 0 Å². The second-order valence-corrected chi connectivity index (χ2v) is 6.57. The molecule has 144 valence electrons. The quantitative estimate of drug-likeness (QED) is 0.756. The Morgan fingerprint density at radius 1 is 1.41 bits per heavy atom. The maximum atomic E-state index is 5.85. The number of rotatable bonds is 7. The lowest BCUT2D eigenvalue weighted by Gasteiger charge is -2.33. The summed E-state index contributed by atoms with van der Waals surface area (Å²) in [6.07, 6.45) is 8.06. The van der Waals surface area contributed by atoms with Crippen LogP contribution in [0.1, 0.15) is 31.0 Å². The molecule has 2 aromatic rings. The molecule has 0 spiro atoms. The lowest BCUT2D eigenvalue weighted by molar-refractivity contribution is 0.0998. The van der Waals surface area contributed by atoms with E-state index < -0.39 is 0 Å². The van der Waals surface area contributed by atoms with Gasteiger partial charge >= 0.3 is 0 Å². The van der Waals surface area contributed by atoms with Gasteiger partial charge in [-0.15, -0.1) is 0 Å². The highest BCUT2D eigenvalue weighted by Gasteiger charge is 2.19. The summed E-state index contributed by atoms with van der Waals surface area (Å²) in [5.41, 5.74) is 7.19. The average Bonchev–Trinajstić information content (AvgIpc) is 3.11. The van der Waals surface area contributed by atoms with Crippen LogP contribution in [0, 0.1) is 6.92 Å². The second-order valence-electron chi connectivity index (χ2n) is 6.57. The Morgan fingerprint density at radius 3 is 2.96 bits per heavy atom. The van der Waals surface area contributed by atoms with Gasteiger partial charge in [0.05, 0.1) is 37.1 Å². The standard InChI is InChI=1S/C21H28N4O2/c1-5-6-9-23-25-10-11-27-20(17(25)3)12-18-7-8-19(21(13-18)26-4)24-14-16(2)22-15-24/h7-8,12-15,23H,3,5-6,9-11H2,1-2,4H3/b20-12-. The zero-order chi connectivity index (χ0) is 19.2. The van der Waals surface area contributed by atoms with Crippen molar-refractivity contribution in [3.8, 4) is 11.4 Å². The van der Waals surface area contributed by atoms with Crippen LogP contribution in [0.5, 0.6) is 5.75 Å². The van der Waals surface area contributed by atoms with Crippen LogP contribution in [0.4, 0.5) is 0 Å². The summed E-state index contributed by atoms with van der Waals surface area (Å²) in [6.45, 7) is 10.7. The maximum absolute atomic E-state index is 5.85. The molecule has 3 rings (SSSR count). The smallest absolute Gasteiger partial charge is 0.144 e.